The fourth-order valence-corrected chi connectivity index (χ4v) is 3.43. The van der Waals surface area contributed by atoms with E-state index in [9.17, 15) is 4.79 Å². The monoisotopic (exact) mass is 297 g/mol. The summed E-state index contributed by atoms with van der Waals surface area (Å²) in [4.78, 5) is 17.1. The van der Waals surface area contributed by atoms with Gasteiger partial charge in [-0.15, -0.1) is 0 Å². The fraction of sp³-hybridized carbons (Fsp3) is 0.938. The number of carbonyl (C=O) groups excluding carboxylic acids is 1. The van der Waals surface area contributed by atoms with Crippen LogP contribution in [0.25, 0.3) is 0 Å². The van der Waals surface area contributed by atoms with Crippen molar-refractivity contribution in [3.63, 3.8) is 0 Å². The van der Waals surface area contributed by atoms with Crippen molar-refractivity contribution in [3.8, 4) is 0 Å². The average molecular weight is 297 g/mol. The molecule has 2 rings (SSSR count). The lowest BCUT2D eigenvalue weighted by molar-refractivity contribution is -0.146. The van der Waals surface area contributed by atoms with E-state index in [0.29, 0.717) is 6.61 Å². The first kappa shape index (κ1) is 16.7. The van der Waals surface area contributed by atoms with Gasteiger partial charge in [0.05, 0.1) is 6.61 Å². The summed E-state index contributed by atoms with van der Waals surface area (Å²) in [5.41, 5.74) is 0. The Morgan fingerprint density at radius 1 is 1.33 bits per heavy atom. The number of rotatable bonds is 8. The third-order valence-electron chi connectivity index (χ3n) is 4.62. The van der Waals surface area contributed by atoms with Crippen LogP contribution < -0.4 is 5.32 Å². The summed E-state index contributed by atoms with van der Waals surface area (Å²) < 4.78 is 5.18. The first-order valence-electron chi connectivity index (χ1n) is 8.61. The van der Waals surface area contributed by atoms with Crippen LogP contribution >= 0.6 is 0 Å². The molecule has 0 amide bonds. The van der Waals surface area contributed by atoms with Crippen molar-refractivity contribution in [3.05, 3.63) is 0 Å². The lowest BCUT2D eigenvalue weighted by Crippen LogP contribution is -2.51. The molecule has 0 aromatic heterocycles. The summed E-state index contributed by atoms with van der Waals surface area (Å²) in [7, 11) is 0. The SMILES string of the molecule is CCCNC(CCN1CCN2CCCC2C1)C(=O)OCC. The number of esters is 1. The van der Waals surface area contributed by atoms with E-state index in [1.807, 2.05) is 6.92 Å². The van der Waals surface area contributed by atoms with E-state index in [0.717, 1.165) is 38.5 Å². The van der Waals surface area contributed by atoms with Gasteiger partial charge in [0, 0.05) is 32.2 Å². The summed E-state index contributed by atoms with van der Waals surface area (Å²) in [6, 6.07) is 0.606. The maximum absolute atomic E-state index is 12.0. The van der Waals surface area contributed by atoms with Gasteiger partial charge < -0.3 is 15.0 Å². The van der Waals surface area contributed by atoms with E-state index >= 15 is 0 Å². The molecule has 5 nitrogen and oxygen atoms in total. The predicted molar refractivity (Wildman–Crippen MR) is 84.4 cm³/mol. The molecule has 2 atom stereocenters. The zero-order valence-corrected chi connectivity index (χ0v) is 13.6. The Morgan fingerprint density at radius 2 is 2.19 bits per heavy atom. The van der Waals surface area contributed by atoms with Crippen molar-refractivity contribution in [1.82, 2.24) is 15.1 Å². The van der Waals surface area contributed by atoms with Gasteiger partial charge in [-0.25, -0.2) is 0 Å². The molecule has 21 heavy (non-hydrogen) atoms. The molecule has 122 valence electrons. The Kier molecular flexibility index (Phi) is 6.93. The molecule has 0 spiro atoms. The highest BCUT2D eigenvalue weighted by molar-refractivity contribution is 5.75. The topological polar surface area (TPSA) is 44.8 Å². The van der Waals surface area contributed by atoms with Gasteiger partial charge >= 0.3 is 5.97 Å². The molecular weight excluding hydrogens is 266 g/mol. The van der Waals surface area contributed by atoms with Crippen molar-refractivity contribution in [2.75, 3.05) is 45.9 Å². The van der Waals surface area contributed by atoms with Crippen LogP contribution in [0.3, 0.4) is 0 Å². The molecule has 0 saturated carbocycles. The average Bonchev–Trinajstić information content (AvgIpc) is 2.95. The standard InChI is InChI=1S/C16H31N3O2/c1-3-8-17-15(16(20)21-4-2)7-10-18-11-12-19-9-5-6-14(19)13-18/h14-15,17H,3-13H2,1-2H3. The molecule has 5 heteroatoms. The van der Waals surface area contributed by atoms with Crippen molar-refractivity contribution >= 4 is 5.97 Å². The molecule has 2 heterocycles. The first-order valence-corrected chi connectivity index (χ1v) is 8.61. The number of nitrogens with one attached hydrogen (secondary N) is 1. The van der Waals surface area contributed by atoms with Gasteiger partial charge in [-0.3, -0.25) is 9.69 Å². The number of fused-ring (bicyclic) bond motifs is 1. The zero-order chi connectivity index (χ0) is 15.1. The third-order valence-corrected chi connectivity index (χ3v) is 4.62. The van der Waals surface area contributed by atoms with Gasteiger partial charge in [0.25, 0.3) is 0 Å². The molecule has 2 saturated heterocycles. The van der Waals surface area contributed by atoms with Gasteiger partial charge in [0.15, 0.2) is 0 Å². The Labute approximate surface area is 129 Å². The Morgan fingerprint density at radius 3 is 2.95 bits per heavy atom. The third kappa shape index (κ3) is 4.94. The molecule has 2 fully saturated rings. The number of hydrogen-bond acceptors (Lipinski definition) is 5. The molecule has 2 unspecified atom stereocenters. The molecule has 2 aliphatic heterocycles. The molecule has 2 aliphatic rings. The van der Waals surface area contributed by atoms with Gasteiger partial charge in [-0.2, -0.15) is 0 Å². The van der Waals surface area contributed by atoms with Crippen LogP contribution in [0.1, 0.15) is 39.5 Å². The van der Waals surface area contributed by atoms with Crippen LogP contribution in [0.5, 0.6) is 0 Å². The van der Waals surface area contributed by atoms with E-state index in [4.69, 9.17) is 4.74 Å². The van der Waals surface area contributed by atoms with E-state index < -0.39 is 0 Å². The normalized spacial score (nSPS) is 24.8. The highest BCUT2D eigenvalue weighted by atomic mass is 16.5. The molecule has 0 radical (unpaired) electrons. The van der Waals surface area contributed by atoms with Crippen LogP contribution in [0, 0.1) is 0 Å². The van der Waals surface area contributed by atoms with Crippen LogP contribution in [0.2, 0.25) is 0 Å². The lowest BCUT2D eigenvalue weighted by atomic mass is 10.1. The highest BCUT2D eigenvalue weighted by Gasteiger charge is 2.31. The van der Waals surface area contributed by atoms with Crippen molar-refractivity contribution < 1.29 is 9.53 Å². The summed E-state index contributed by atoms with van der Waals surface area (Å²) in [6.07, 6.45) is 4.58. The Bertz CT molecular complexity index is 325. The Balaban J connectivity index is 1.76. The zero-order valence-electron chi connectivity index (χ0n) is 13.6. The van der Waals surface area contributed by atoms with Crippen molar-refractivity contribution in [2.24, 2.45) is 0 Å². The van der Waals surface area contributed by atoms with Gasteiger partial charge in [-0.05, 0) is 45.7 Å². The summed E-state index contributed by atoms with van der Waals surface area (Å²) in [5.74, 6) is -0.0922. The smallest absolute Gasteiger partial charge is 0.323 e. The summed E-state index contributed by atoms with van der Waals surface area (Å²) in [6.45, 7) is 11.1. The molecule has 0 aliphatic carbocycles. The maximum atomic E-state index is 12.0. The summed E-state index contributed by atoms with van der Waals surface area (Å²) >= 11 is 0. The second kappa shape index (κ2) is 8.71. The van der Waals surface area contributed by atoms with Crippen LogP contribution in [0.4, 0.5) is 0 Å². The van der Waals surface area contributed by atoms with E-state index in [2.05, 4.69) is 22.0 Å². The number of ether oxygens (including phenoxy) is 1. The Hall–Kier alpha value is -0.650. The molecule has 1 N–H and O–H groups in total. The van der Waals surface area contributed by atoms with Gasteiger partial charge in [0.2, 0.25) is 0 Å². The van der Waals surface area contributed by atoms with Crippen LogP contribution in [-0.2, 0) is 9.53 Å². The van der Waals surface area contributed by atoms with Crippen LogP contribution in [0.15, 0.2) is 0 Å². The van der Waals surface area contributed by atoms with Gasteiger partial charge in [0.1, 0.15) is 6.04 Å². The highest BCUT2D eigenvalue weighted by Crippen LogP contribution is 2.21. The molecule has 0 aromatic carbocycles. The number of nitrogens with zero attached hydrogens (tertiary/aromatic N) is 2. The second-order valence-electron chi connectivity index (χ2n) is 6.18. The number of carbonyl (C=O) groups is 1. The summed E-state index contributed by atoms with van der Waals surface area (Å²) in [5, 5.41) is 3.33. The van der Waals surface area contributed by atoms with E-state index in [1.165, 1.54) is 32.5 Å². The maximum Gasteiger partial charge on any atom is 0.323 e. The predicted octanol–water partition coefficient (Wildman–Crippen LogP) is 1.09. The number of piperazine rings is 1. The second-order valence-corrected chi connectivity index (χ2v) is 6.18. The van der Waals surface area contributed by atoms with E-state index in [1.54, 1.807) is 0 Å². The minimum Gasteiger partial charge on any atom is -0.465 e. The van der Waals surface area contributed by atoms with Crippen LogP contribution in [-0.4, -0.2) is 73.7 Å². The van der Waals surface area contributed by atoms with Crippen molar-refractivity contribution in [1.29, 1.82) is 0 Å². The minimum absolute atomic E-state index is 0.0922. The molecular formula is C16H31N3O2. The lowest BCUT2D eigenvalue weighted by Gasteiger charge is -2.37. The largest absolute Gasteiger partial charge is 0.465 e. The van der Waals surface area contributed by atoms with Crippen molar-refractivity contribution in [2.45, 2.75) is 51.6 Å². The molecule has 0 bridgehead atoms. The van der Waals surface area contributed by atoms with Gasteiger partial charge in [-0.1, -0.05) is 6.92 Å². The quantitative estimate of drug-likeness (QED) is 0.680. The molecule has 0 aromatic rings. The minimum atomic E-state index is -0.147. The first-order chi connectivity index (χ1) is 10.2. The fourth-order valence-electron chi connectivity index (χ4n) is 3.43. The number of hydrogen-bond donors (Lipinski definition) is 1. The van der Waals surface area contributed by atoms with E-state index in [-0.39, 0.29) is 12.0 Å².